The maximum Gasteiger partial charge on any atom is 0.250 e. The van der Waals surface area contributed by atoms with Crippen molar-refractivity contribution in [2.75, 3.05) is 25.6 Å². The first-order valence-corrected chi connectivity index (χ1v) is 13.0. The van der Waals surface area contributed by atoms with Crippen molar-refractivity contribution in [1.82, 2.24) is 19.7 Å². The molecule has 2 fully saturated rings. The molecule has 3 aromatic rings. The predicted octanol–water partition coefficient (Wildman–Crippen LogP) is 2.77. The molecule has 11 heteroatoms. The molecule has 0 radical (unpaired) electrons. The van der Waals surface area contributed by atoms with Gasteiger partial charge in [0.2, 0.25) is 5.91 Å². The van der Waals surface area contributed by atoms with Gasteiger partial charge in [0.05, 0.1) is 30.3 Å². The van der Waals surface area contributed by atoms with Crippen LogP contribution in [0.4, 0.5) is 5.82 Å². The number of ether oxygens (including phenoxy) is 2. The first-order valence-electron chi connectivity index (χ1n) is 11.4. The molecule has 1 aromatic carbocycles. The maximum absolute atomic E-state index is 13.4. The van der Waals surface area contributed by atoms with Gasteiger partial charge in [-0.15, -0.1) is 0 Å². The summed E-state index contributed by atoms with van der Waals surface area (Å²) in [6.07, 6.45) is 9.58. The van der Waals surface area contributed by atoms with E-state index in [0.29, 0.717) is 54.9 Å². The first-order chi connectivity index (χ1) is 16.5. The van der Waals surface area contributed by atoms with Crippen molar-refractivity contribution < 1.29 is 22.7 Å². The topological polar surface area (TPSA) is 125 Å². The van der Waals surface area contributed by atoms with Crippen molar-refractivity contribution >= 4 is 32.5 Å². The minimum Gasteiger partial charge on any atom is -0.495 e. The molecular formula is C23H27N5O5S. The molecule has 2 aromatic heterocycles. The molecule has 1 aliphatic heterocycles. The van der Waals surface area contributed by atoms with Gasteiger partial charge in [0, 0.05) is 31.0 Å². The van der Waals surface area contributed by atoms with E-state index >= 15 is 0 Å². The summed E-state index contributed by atoms with van der Waals surface area (Å²) < 4.78 is 39.0. The van der Waals surface area contributed by atoms with Gasteiger partial charge >= 0.3 is 0 Å². The highest BCUT2D eigenvalue weighted by Gasteiger charge is 2.40. The Kier molecular flexibility index (Phi) is 6.22. The highest BCUT2D eigenvalue weighted by Crippen LogP contribution is 2.42. The predicted molar refractivity (Wildman–Crippen MR) is 124 cm³/mol. The van der Waals surface area contributed by atoms with Crippen molar-refractivity contribution in [3.8, 4) is 5.75 Å². The number of aromatic nitrogens is 4. The largest absolute Gasteiger partial charge is 0.495 e. The molecule has 180 valence electrons. The van der Waals surface area contributed by atoms with E-state index in [1.165, 1.54) is 31.9 Å². The maximum atomic E-state index is 13.4. The van der Waals surface area contributed by atoms with Crippen LogP contribution in [0.1, 0.15) is 38.1 Å². The number of nitrogens with zero attached hydrogens (tertiary/aromatic N) is 4. The second kappa shape index (κ2) is 9.30. The van der Waals surface area contributed by atoms with Gasteiger partial charge in [0.1, 0.15) is 16.7 Å². The number of methoxy groups -OCH3 is 1. The van der Waals surface area contributed by atoms with Gasteiger partial charge in [-0.3, -0.25) is 14.5 Å². The third kappa shape index (κ3) is 4.37. The Morgan fingerprint density at radius 3 is 2.68 bits per heavy atom. The van der Waals surface area contributed by atoms with Crippen molar-refractivity contribution in [3.63, 3.8) is 0 Å². The number of hydrogen-bond acceptors (Lipinski definition) is 8. The van der Waals surface area contributed by atoms with Crippen LogP contribution < -0.4 is 10.1 Å². The van der Waals surface area contributed by atoms with Crippen molar-refractivity contribution in [2.45, 2.75) is 48.3 Å². The molecule has 0 unspecified atom stereocenters. The number of fused-ring (bicyclic) bond motifs is 1. The van der Waals surface area contributed by atoms with Crippen LogP contribution in [0.15, 0.2) is 41.8 Å². The Morgan fingerprint density at radius 1 is 1.21 bits per heavy atom. The van der Waals surface area contributed by atoms with Crippen LogP contribution in [0, 0.1) is 5.92 Å². The van der Waals surface area contributed by atoms with E-state index in [2.05, 4.69) is 20.4 Å². The van der Waals surface area contributed by atoms with Gasteiger partial charge in [0.25, 0.3) is 0 Å². The molecule has 0 spiro atoms. The van der Waals surface area contributed by atoms with E-state index in [1.807, 2.05) is 0 Å². The zero-order valence-electron chi connectivity index (χ0n) is 18.9. The Hall–Kier alpha value is -3.05. The van der Waals surface area contributed by atoms with Crippen LogP contribution in [-0.4, -0.2) is 59.6 Å². The molecule has 1 N–H and O–H groups in total. The van der Waals surface area contributed by atoms with Crippen LogP contribution in [0.2, 0.25) is 0 Å². The smallest absolute Gasteiger partial charge is 0.250 e. The number of carbonyl (C=O) groups excluding carboxylic acids is 1. The Bertz CT molecular complexity index is 1280. The number of rotatable bonds is 8. The summed E-state index contributed by atoms with van der Waals surface area (Å²) in [6.45, 7) is 1.31. The second-order valence-corrected chi connectivity index (χ2v) is 10.9. The highest BCUT2D eigenvalue weighted by molar-refractivity contribution is 7.92. The first kappa shape index (κ1) is 22.7. The summed E-state index contributed by atoms with van der Waals surface area (Å²) in [6, 6.07) is 2.74. The van der Waals surface area contributed by atoms with E-state index in [-0.39, 0.29) is 16.7 Å². The number of anilines is 1. The minimum absolute atomic E-state index is 0.153. The molecular weight excluding hydrogens is 458 g/mol. The normalized spacial score (nSPS) is 18.0. The molecule has 10 nitrogen and oxygen atoms in total. The number of sulfone groups is 1. The average Bonchev–Trinajstić information content (AvgIpc) is 3.64. The lowest BCUT2D eigenvalue weighted by Crippen LogP contribution is -2.30. The number of nitrogens with one attached hydrogen (secondary N) is 1. The Morgan fingerprint density at radius 2 is 2.00 bits per heavy atom. The van der Waals surface area contributed by atoms with E-state index < -0.39 is 21.1 Å². The molecule has 1 saturated heterocycles. The molecule has 1 atom stereocenters. The van der Waals surface area contributed by atoms with Crippen LogP contribution in [0.3, 0.4) is 0 Å². The molecule has 5 rings (SSSR count). The van der Waals surface area contributed by atoms with Gasteiger partial charge in [-0.2, -0.15) is 5.10 Å². The molecule has 1 amide bonds. The van der Waals surface area contributed by atoms with Gasteiger partial charge in [-0.05, 0) is 50.2 Å². The summed E-state index contributed by atoms with van der Waals surface area (Å²) >= 11 is 0. The highest BCUT2D eigenvalue weighted by atomic mass is 32.2. The third-order valence-corrected chi connectivity index (χ3v) is 8.81. The SMILES string of the molecule is COc1ccc2c(cnn2[C@H](CC2CCOCC2)C(=O)Nc2cnccn2)c1S(=O)(=O)C1CC1. The number of benzene rings is 1. The van der Waals surface area contributed by atoms with Crippen LogP contribution in [-0.2, 0) is 19.4 Å². The Balaban J connectivity index is 1.57. The lowest BCUT2D eigenvalue weighted by molar-refractivity contribution is -0.120. The molecule has 34 heavy (non-hydrogen) atoms. The summed E-state index contributed by atoms with van der Waals surface area (Å²) in [5, 5.41) is 7.43. The zero-order valence-corrected chi connectivity index (χ0v) is 19.7. The number of carbonyl (C=O) groups is 1. The van der Waals surface area contributed by atoms with Crippen LogP contribution in [0.25, 0.3) is 10.9 Å². The van der Waals surface area contributed by atoms with Crippen molar-refractivity contribution in [2.24, 2.45) is 5.92 Å². The average molecular weight is 486 g/mol. The number of amides is 1. The van der Waals surface area contributed by atoms with Crippen LogP contribution >= 0.6 is 0 Å². The fraction of sp³-hybridized carbons (Fsp3) is 0.478. The second-order valence-electron chi connectivity index (χ2n) is 8.75. The fourth-order valence-electron chi connectivity index (χ4n) is 4.51. The lowest BCUT2D eigenvalue weighted by Gasteiger charge is -2.26. The summed E-state index contributed by atoms with van der Waals surface area (Å²) in [5.74, 6) is 0.640. The summed E-state index contributed by atoms with van der Waals surface area (Å²) in [4.78, 5) is 21.7. The lowest BCUT2D eigenvalue weighted by atomic mass is 9.92. The van der Waals surface area contributed by atoms with E-state index in [4.69, 9.17) is 9.47 Å². The molecule has 2 aliphatic rings. The van der Waals surface area contributed by atoms with E-state index in [0.717, 1.165) is 12.8 Å². The van der Waals surface area contributed by atoms with Gasteiger partial charge in [-0.1, -0.05) is 0 Å². The molecule has 0 bridgehead atoms. The monoisotopic (exact) mass is 485 g/mol. The standard InChI is InChI=1S/C23H27N5O5S/c1-32-20-5-4-18-17(22(20)34(30,31)16-2-3-16)13-26-28(18)19(12-15-6-10-33-11-7-15)23(29)27-21-14-24-8-9-25-21/h4-5,8-9,13-16,19H,2-3,6-7,10-12H2,1H3,(H,25,27,29)/t19-/m1/s1. The zero-order chi connectivity index (χ0) is 23.7. The van der Waals surface area contributed by atoms with Crippen molar-refractivity contribution in [3.05, 3.63) is 36.9 Å². The summed E-state index contributed by atoms with van der Waals surface area (Å²) in [7, 11) is -2.10. The van der Waals surface area contributed by atoms with Crippen molar-refractivity contribution in [1.29, 1.82) is 0 Å². The molecule has 1 saturated carbocycles. The van der Waals surface area contributed by atoms with Gasteiger partial charge < -0.3 is 14.8 Å². The molecule has 3 heterocycles. The third-order valence-electron chi connectivity index (χ3n) is 6.47. The fourth-order valence-corrected chi connectivity index (χ4v) is 6.50. The minimum atomic E-state index is -3.56. The molecule has 1 aliphatic carbocycles. The number of hydrogen-bond donors (Lipinski definition) is 1. The van der Waals surface area contributed by atoms with E-state index in [1.54, 1.807) is 16.8 Å². The van der Waals surface area contributed by atoms with E-state index in [9.17, 15) is 13.2 Å². The quantitative estimate of drug-likeness (QED) is 0.516. The van der Waals surface area contributed by atoms with Crippen LogP contribution in [0.5, 0.6) is 5.75 Å². The van der Waals surface area contributed by atoms with Gasteiger partial charge in [0.15, 0.2) is 15.7 Å². The summed E-state index contributed by atoms with van der Waals surface area (Å²) in [5.41, 5.74) is 0.575. The van der Waals surface area contributed by atoms with Gasteiger partial charge in [-0.25, -0.2) is 13.4 Å². The Labute approximate surface area is 197 Å².